The predicted octanol–water partition coefficient (Wildman–Crippen LogP) is 1.72. The van der Waals surface area contributed by atoms with Crippen molar-refractivity contribution >= 4 is 58.7 Å². The number of amides is 5. The fourth-order valence-corrected chi connectivity index (χ4v) is 7.68. The molecule has 0 spiro atoms. The fraction of sp³-hybridized carbons (Fsp3) is 0.457. The first-order valence-corrected chi connectivity index (χ1v) is 21.9. The molecule has 3 aromatic rings. The number of nitrogens with one attached hydrogen (secondary N) is 3. The highest BCUT2D eigenvalue weighted by atomic mass is 32.1. The smallest absolute Gasteiger partial charge is 0.251 e. The number of carbonyl (C=O) groups excluding carboxylic acids is 6. The third kappa shape index (κ3) is 19.6. The standard InChI is InChI=1S/C46H64N10O6S/c1-34-7-9-36(10-8-34)29-51-46(62)38-15-11-37(12-16-38)28-50-44(61)5-3-2-4-6-45(63)52-39-17-13-35(14-18-39)27-40-30-55(33-43(49)60)22-21-53(31-41(47)58)19-20-54(32-42(48)59)23-24-56(40)25-26-57/h7-18,26,40H,2-6,19-25,27-33H2,1H3,(H2,47,58)(H2,48,59)(H2,49,60)(H,50,61)(H,51,62)(H,52,63). The van der Waals surface area contributed by atoms with Crippen LogP contribution < -0.4 is 33.2 Å². The molecule has 1 heterocycles. The molecule has 1 fully saturated rings. The van der Waals surface area contributed by atoms with Crippen LogP contribution in [0, 0.1) is 6.92 Å². The molecule has 0 bridgehead atoms. The SMILES string of the molecule is Cc1ccc(CNC(=O)c2ccc(CNC(=O)CCCCCC(=S)Nc3ccc(CC4CN(CC(N)=O)CCN(CC(N)=O)CCN(CC(N)=O)CCN4CC=O)cc3)cc2)cc1. The molecular formula is C46H64N10O6S. The van der Waals surface area contributed by atoms with Crippen LogP contribution in [0.2, 0.25) is 0 Å². The van der Waals surface area contributed by atoms with E-state index in [2.05, 4.69) is 20.9 Å². The second-order valence-corrected chi connectivity index (χ2v) is 16.6. The monoisotopic (exact) mass is 884 g/mol. The largest absolute Gasteiger partial charge is 0.369 e. The summed E-state index contributed by atoms with van der Waals surface area (Å²) in [4.78, 5) is 81.4. The van der Waals surface area contributed by atoms with E-state index in [1.54, 1.807) is 12.1 Å². The van der Waals surface area contributed by atoms with Crippen molar-refractivity contribution in [1.29, 1.82) is 0 Å². The van der Waals surface area contributed by atoms with Gasteiger partial charge in [-0.25, -0.2) is 0 Å². The van der Waals surface area contributed by atoms with Crippen molar-refractivity contribution < 1.29 is 28.8 Å². The van der Waals surface area contributed by atoms with Gasteiger partial charge < -0.3 is 37.9 Å². The molecule has 0 radical (unpaired) electrons. The minimum atomic E-state index is -0.485. The number of hydrogen-bond acceptors (Lipinski definition) is 11. The topological polar surface area (TPSA) is 230 Å². The summed E-state index contributed by atoms with van der Waals surface area (Å²) in [6, 6.07) is 23.0. The Bertz CT molecular complexity index is 1970. The van der Waals surface area contributed by atoms with Gasteiger partial charge in [0.2, 0.25) is 23.6 Å². The molecule has 17 heteroatoms. The summed E-state index contributed by atoms with van der Waals surface area (Å²) in [5.41, 5.74) is 22.3. The van der Waals surface area contributed by atoms with Gasteiger partial charge in [-0.3, -0.25) is 43.6 Å². The first kappa shape index (κ1) is 50.1. The highest BCUT2D eigenvalue weighted by Gasteiger charge is 2.26. The first-order chi connectivity index (χ1) is 30.3. The van der Waals surface area contributed by atoms with E-state index in [9.17, 15) is 28.8 Å². The number of rotatable bonds is 22. The maximum absolute atomic E-state index is 12.6. The Morgan fingerprint density at radius 1 is 0.651 bits per heavy atom. The van der Waals surface area contributed by atoms with Gasteiger partial charge in [0.1, 0.15) is 6.29 Å². The Morgan fingerprint density at radius 3 is 1.75 bits per heavy atom. The number of thiocarbonyl (C=S) groups is 1. The summed E-state index contributed by atoms with van der Waals surface area (Å²) in [5.74, 6) is -1.62. The van der Waals surface area contributed by atoms with E-state index in [-0.39, 0.29) is 44.0 Å². The van der Waals surface area contributed by atoms with Gasteiger partial charge >= 0.3 is 0 Å². The van der Waals surface area contributed by atoms with Crippen LogP contribution in [0.25, 0.3) is 0 Å². The van der Waals surface area contributed by atoms with Crippen LogP contribution in [0.1, 0.15) is 64.7 Å². The summed E-state index contributed by atoms with van der Waals surface area (Å²) in [6.45, 7) is 6.20. The second-order valence-electron chi connectivity index (χ2n) is 16.2. The van der Waals surface area contributed by atoms with E-state index in [0.29, 0.717) is 88.7 Å². The van der Waals surface area contributed by atoms with Crippen molar-refractivity contribution in [1.82, 2.24) is 30.2 Å². The molecule has 340 valence electrons. The van der Waals surface area contributed by atoms with Crippen molar-refractivity contribution in [3.05, 3.63) is 101 Å². The fourth-order valence-electron chi connectivity index (χ4n) is 7.42. The Labute approximate surface area is 376 Å². The molecule has 1 unspecified atom stereocenters. The molecule has 1 atom stereocenters. The number of anilines is 1. The summed E-state index contributed by atoms with van der Waals surface area (Å²) in [5, 5.41) is 9.21. The van der Waals surface area contributed by atoms with E-state index in [1.165, 1.54) is 5.56 Å². The molecule has 0 aliphatic carbocycles. The van der Waals surface area contributed by atoms with Crippen molar-refractivity contribution in [2.24, 2.45) is 17.2 Å². The van der Waals surface area contributed by atoms with Crippen LogP contribution >= 0.6 is 12.2 Å². The van der Waals surface area contributed by atoms with Gasteiger partial charge in [-0.05, 0) is 73.6 Å². The zero-order valence-electron chi connectivity index (χ0n) is 36.4. The summed E-state index contributed by atoms with van der Waals surface area (Å²) >= 11 is 5.63. The van der Waals surface area contributed by atoms with Crippen LogP contribution in [0.15, 0.2) is 72.8 Å². The molecule has 16 nitrogen and oxygen atoms in total. The van der Waals surface area contributed by atoms with Gasteiger partial charge in [0.05, 0.1) is 31.2 Å². The molecule has 9 N–H and O–H groups in total. The highest BCUT2D eigenvalue weighted by molar-refractivity contribution is 7.80. The van der Waals surface area contributed by atoms with E-state index in [1.807, 2.05) is 82.3 Å². The number of carbonyl (C=O) groups is 6. The number of hydrogen-bond donors (Lipinski definition) is 6. The predicted molar refractivity (Wildman–Crippen MR) is 248 cm³/mol. The maximum Gasteiger partial charge on any atom is 0.251 e. The maximum atomic E-state index is 12.6. The first-order valence-electron chi connectivity index (χ1n) is 21.5. The molecule has 63 heavy (non-hydrogen) atoms. The molecule has 1 aliphatic heterocycles. The zero-order chi connectivity index (χ0) is 45.6. The molecular weight excluding hydrogens is 821 g/mol. The van der Waals surface area contributed by atoms with E-state index in [4.69, 9.17) is 29.4 Å². The van der Waals surface area contributed by atoms with Crippen LogP contribution in [-0.2, 0) is 43.5 Å². The number of nitrogens with zero attached hydrogens (tertiary/aromatic N) is 4. The van der Waals surface area contributed by atoms with Crippen molar-refractivity contribution in [2.45, 2.75) is 64.6 Å². The average molecular weight is 885 g/mol. The zero-order valence-corrected chi connectivity index (χ0v) is 37.2. The van der Waals surface area contributed by atoms with Gasteiger partial charge in [0.15, 0.2) is 0 Å². The Kier molecular flexibility index (Phi) is 21.3. The number of benzene rings is 3. The minimum absolute atomic E-state index is 0.00579. The molecule has 5 amide bonds. The third-order valence-corrected chi connectivity index (χ3v) is 11.2. The third-order valence-electron chi connectivity index (χ3n) is 10.9. The molecule has 1 aliphatic rings. The Hall–Kier alpha value is -5.59. The summed E-state index contributed by atoms with van der Waals surface area (Å²) < 4.78 is 0. The Balaban J connectivity index is 1.22. The number of unbranched alkanes of at least 4 members (excludes halogenated alkanes) is 2. The van der Waals surface area contributed by atoms with Gasteiger partial charge in [-0.1, -0.05) is 72.7 Å². The van der Waals surface area contributed by atoms with E-state index < -0.39 is 17.7 Å². The highest BCUT2D eigenvalue weighted by Crippen LogP contribution is 2.17. The minimum Gasteiger partial charge on any atom is -0.369 e. The lowest BCUT2D eigenvalue weighted by Gasteiger charge is -2.37. The van der Waals surface area contributed by atoms with Gasteiger partial charge in [-0.15, -0.1) is 0 Å². The van der Waals surface area contributed by atoms with Crippen LogP contribution in [0.4, 0.5) is 5.69 Å². The van der Waals surface area contributed by atoms with Crippen molar-refractivity contribution in [2.75, 3.05) is 77.3 Å². The van der Waals surface area contributed by atoms with Crippen LogP contribution in [0.5, 0.6) is 0 Å². The number of aldehydes is 1. The van der Waals surface area contributed by atoms with E-state index in [0.717, 1.165) is 47.9 Å². The van der Waals surface area contributed by atoms with Crippen LogP contribution in [-0.4, -0.2) is 138 Å². The quantitative estimate of drug-likeness (QED) is 0.0482. The van der Waals surface area contributed by atoms with Gasteiger partial charge in [-0.2, -0.15) is 0 Å². The van der Waals surface area contributed by atoms with Gasteiger partial charge in [0.25, 0.3) is 5.91 Å². The molecule has 0 aromatic heterocycles. The number of nitrogens with two attached hydrogens (primary N) is 3. The summed E-state index contributed by atoms with van der Waals surface area (Å²) in [7, 11) is 0. The van der Waals surface area contributed by atoms with E-state index >= 15 is 0 Å². The molecule has 4 rings (SSSR count). The lowest BCUT2D eigenvalue weighted by molar-refractivity contribution is -0.121. The number of primary amides is 3. The normalized spacial score (nSPS) is 15.9. The van der Waals surface area contributed by atoms with Crippen LogP contribution in [0.3, 0.4) is 0 Å². The average Bonchev–Trinajstić information content (AvgIpc) is 3.24. The van der Waals surface area contributed by atoms with Crippen molar-refractivity contribution in [3.8, 4) is 0 Å². The van der Waals surface area contributed by atoms with Crippen molar-refractivity contribution in [3.63, 3.8) is 0 Å². The molecule has 0 saturated carbocycles. The number of aryl methyl sites for hydroxylation is 1. The molecule has 1 saturated heterocycles. The van der Waals surface area contributed by atoms with Gasteiger partial charge in [0, 0.05) is 82.6 Å². The summed E-state index contributed by atoms with van der Waals surface area (Å²) in [6.07, 6.45) is 4.90. The molecule has 3 aromatic carbocycles. The Morgan fingerprint density at radius 2 is 1.16 bits per heavy atom. The lowest BCUT2D eigenvalue weighted by atomic mass is 10.0. The second kappa shape index (κ2) is 26.8. The lowest BCUT2D eigenvalue weighted by Crippen LogP contribution is -2.53.